The van der Waals surface area contributed by atoms with Crippen molar-refractivity contribution in [3.8, 4) is 22.3 Å². The highest BCUT2D eigenvalue weighted by Crippen LogP contribution is 2.44. The highest BCUT2D eigenvalue weighted by atomic mass is 32.1. The lowest BCUT2D eigenvalue weighted by Gasteiger charge is -2.16. The molecule has 9 rings (SSSR count). The van der Waals surface area contributed by atoms with Crippen LogP contribution < -0.4 is 0 Å². The third kappa shape index (κ3) is 3.38. The molecule has 2 heteroatoms. The molecule has 0 aliphatic rings. The van der Waals surface area contributed by atoms with Crippen molar-refractivity contribution in [1.82, 2.24) is 4.98 Å². The molecule has 0 spiro atoms. The maximum atomic E-state index is 5.08. The minimum absolute atomic E-state index is 1.05. The molecule has 0 saturated carbocycles. The summed E-state index contributed by atoms with van der Waals surface area (Å²) in [6.45, 7) is 0. The number of pyridine rings is 1. The SMILES string of the molecule is c1ccc(-c2cnc3c4ccccc4c4cc(-c5ccc6c(c5)sc5ccccc56)c5ccccc5c4c3c2)cc1. The standard InChI is InChI=1S/C39H23NS/c1-2-10-24(11-3-1)26-20-35-38-31-15-6-4-12-27(31)33(22-34(38)28-13-5-7-16-32(28)39(35)40-23-26)25-18-19-30-29-14-8-9-17-36(29)41-37(30)21-25/h1-23H. The van der Waals surface area contributed by atoms with Gasteiger partial charge in [0, 0.05) is 42.7 Å². The summed E-state index contributed by atoms with van der Waals surface area (Å²) in [4.78, 5) is 5.08. The number of thiophene rings is 1. The molecule has 0 atom stereocenters. The van der Waals surface area contributed by atoms with Crippen LogP contribution in [0.3, 0.4) is 0 Å². The molecule has 0 saturated heterocycles. The van der Waals surface area contributed by atoms with Gasteiger partial charge in [0.05, 0.1) is 5.52 Å². The Bertz CT molecular complexity index is 2470. The van der Waals surface area contributed by atoms with Gasteiger partial charge in [-0.3, -0.25) is 4.98 Å². The van der Waals surface area contributed by atoms with Gasteiger partial charge in [0.2, 0.25) is 0 Å². The largest absolute Gasteiger partial charge is 0.255 e. The summed E-state index contributed by atoms with van der Waals surface area (Å²) in [6, 6.07) is 48.6. The summed E-state index contributed by atoms with van der Waals surface area (Å²) >= 11 is 1.88. The Morgan fingerprint density at radius 3 is 1.93 bits per heavy atom. The Morgan fingerprint density at radius 1 is 0.390 bits per heavy atom. The van der Waals surface area contributed by atoms with E-state index < -0.39 is 0 Å². The molecule has 1 nitrogen and oxygen atoms in total. The van der Waals surface area contributed by atoms with Crippen molar-refractivity contribution in [3.05, 3.63) is 140 Å². The average molecular weight is 538 g/mol. The van der Waals surface area contributed by atoms with Gasteiger partial charge < -0.3 is 0 Å². The van der Waals surface area contributed by atoms with Crippen LogP contribution in [0.4, 0.5) is 0 Å². The molecule has 0 fully saturated rings. The second kappa shape index (κ2) is 8.72. The van der Waals surface area contributed by atoms with Crippen LogP contribution in [-0.2, 0) is 0 Å². The fourth-order valence-electron chi connectivity index (χ4n) is 6.59. The number of hydrogen-bond acceptors (Lipinski definition) is 2. The van der Waals surface area contributed by atoms with Gasteiger partial charge in [0.25, 0.3) is 0 Å². The van der Waals surface area contributed by atoms with Gasteiger partial charge in [-0.2, -0.15) is 0 Å². The first-order valence-electron chi connectivity index (χ1n) is 14.0. The van der Waals surface area contributed by atoms with Crippen LogP contribution >= 0.6 is 11.3 Å². The van der Waals surface area contributed by atoms with Gasteiger partial charge in [-0.15, -0.1) is 11.3 Å². The molecule has 7 aromatic carbocycles. The van der Waals surface area contributed by atoms with Gasteiger partial charge in [0.1, 0.15) is 0 Å². The van der Waals surface area contributed by atoms with Crippen LogP contribution in [0, 0.1) is 0 Å². The van der Waals surface area contributed by atoms with Crippen molar-refractivity contribution in [1.29, 1.82) is 0 Å². The molecule has 0 aliphatic heterocycles. The quantitative estimate of drug-likeness (QED) is 0.200. The van der Waals surface area contributed by atoms with Gasteiger partial charge in [-0.1, -0.05) is 109 Å². The minimum Gasteiger partial charge on any atom is -0.255 e. The lowest BCUT2D eigenvalue weighted by molar-refractivity contribution is 1.42. The van der Waals surface area contributed by atoms with E-state index in [4.69, 9.17) is 4.98 Å². The van der Waals surface area contributed by atoms with Gasteiger partial charge in [-0.25, -0.2) is 0 Å². The lowest BCUT2D eigenvalue weighted by Crippen LogP contribution is -1.91. The normalized spacial score (nSPS) is 11.9. The maximum absolute atomic E-state index is 5.08. The van der Waals surface area contributed by atoms with Crippen LogP contribution in [0.2, 0.25) is 0 Å². The Labute approximate surface area is 240 Å². The van der Waals surface area contributed by atoms with Crippen LogP contribution in [0.5, 0.6) is 0 Å². The Balaban J connectivity index is 1.42. The summed E-state index contributed by atoms with van der Waals surface area (Å²) < 4.78 is 2.66. The van der Waals surface area contributed by atoms with Crippen molar-refractivity contribution in [2.24, 2.45) is 0 Å². The van der Waals surface area contributed by atoms with E-state index in [1.54, 1.807) is 0 Å². The van der Waals surface area contributed by atoms with Crippen LogP contribution in [0.1, 0.15) is 0 Å². The fraction of sp³-hybridized carbons (Fsp3) is 0. The minimum atomic E-state index is 1.05. The molecule has 190 valence electrons. The molecule has 0 N–H and O–H groups in total. The molecule has 9 aromatic rings. The van der Waals surface area contributed by atoms with E-state index in [2.05, 4.69) is 133 Å². The average Bonchev–Trinajstić information content (AvgIpc) is 3.42. The molecule has 0 radical (unpaired) electrons. The van der Waals surface area contributed by atoms with E-state index in [9.17, 15) is 0 Å². The summed E-state index contributed by atoms with van der Waals surface area (Å²) in [5.74, 6) is 0. The highest BCUT2D eigenvalue weighted by Gasteiger charge is 2.17. The van der Waals surface area contributed by atoms with Crippen LogP contribution in [-0.4, -0.2) is 4.98 Å². The van der Waals surface area contributed by atoms with Crippen LogP contribution in [0.25, 0.3) is 85.6 Å². The summed E-state index contributed by atoms with van der Waals surface area (Å²) in [7, 11) is 0. The predicted molar refractivity (Wildman–Crippen MR) is 178 cm³/mol. The first kappa shape index (κ1) is 22.7. The zero-order chi connectivity index (χ0) is 26.9. The molecule has 0 aliphatic carbocycles. The molecule has 0 amide bonds. The van der Waals surface area contributed by atoms with Gasteiger partial charge in [-0.05, 0) is 67.9 Å². The first-order chi connectivity index (χ1) is 20.3. The first-order valence-corrected chi connectivity index (χ1v) is 14.8. The Hall–Kier alpha value is -5.05. The third-order valence-corrected chi connectivity index (χ3v) is 9.60. The predicted octanol–water partition coefficient (Wildman–Crippen LogP) is 11.4. The van der Waals surface area contributed by atoms with Crippen LogP contribution in [0.15, 0.2) is 140 Å². The molecule has 2 heterocycles. The molecule has 2 aromatic heterocycles. The second-order valence-electron chi connectivity index (χ2n) is 10.7. The van der Waals surface area contributed by atoms with E-state index >= 15 is 0 Å². The van der Waals surface area contributed by atoms with E-state index in [1.807, 2.05) is 17.5 Å². The number of nitrogens with zero attached hydrogens (tertiary/aromatic N) is 1. The molecule has 41 heavy (non-hydrogen) atoms. The molecular formula is C39H23NS. The molecule has 0 bridgehead atoms. The highest BCUT2D eigenvalue weighted by molar-refractivity contribution is 7.25. The Kier molecular flexibility index (Phi) is 4.84. The van der Waals surface area contributed by atoms with Crippen molar-refractivity contribution in [2.45, 2.75) is 0 Å². The van der Waals surface area contributed by atoms with E-state index in [0.717, 1.165) is 11.1 Å². The lowest BCUT2D eigenvalue weighted by atomic mass is 9.88. The van der Waals surface area contributed by atoms with Crippen molar-refractivity contribution >= 4 is 74.7 Å². The van der Waals surface area contributed by atoms with E-state index in [1.165, 1.54) is 74.6 Å². The van der Waals surface area contributed by atoms with Gasteiger partial charge in [0.15, 0.2) is 0 Å². The van der Waals surface area contributed by atoms with E-state index in [-0.39, 0.29) is 0 Å². The van der Waals surface area contributed by atoms with Crippen molar-refractivity contribution in [3.63, 3.8) is 0 Å². The second-order valence-corrected chi connectivity index (χ2v) is 11.8. The maximum Gasteiger partial charge on any atom is 0.0787 e. The number of hydrogen-bond donors (Lipinski definition) is 0. The summed E-state index contributed by atoms with van der Waals surface area (Å²) in [6.07, 6.45) is 2.02. The van der Waals surface area contributed by atoms with Crippen molar-refractivity contribution < 1.29 is 0 Å². The summed E-state index contributed by atoms with van der Waals surface area (Å²) in [5, 5.41) is 11.4. The number of benzene rings is 7. The van der Waals surface area contributed by atoms with E-state index in [0.29, 0.717) is 0 Å². The molecular weight excluding hydrogens is 515 g/mol. The monoisotopic (exact) mass is 537 g/mol. The molecule has 0 unspecified atom stereocenters. The van der Waals surface area contributed by atoms with Crippen molar-refractivity contribution in [2.75, 3.05) is 0 Å². The van der Waals surface area contributed by atoms with Gasteiger partial charge >= 0.3 is 0 Å². The smallest absolute Gasteiger partial charge is 0.0787 e. The zero-order valence-electron chi connectivity index (χ0n) is 22.1. The fourth-order valence-corrected chi connectivity index (χ4v) is 7.74. The number of aromatic nitrogens is 1. The third-order valence-electron chi connectivity index (χ3n) is 8.47. The Morgan fingerprint density at radius 2 is 1.07 bits per heavy atom. The summed E-state index contributed by atoms with van der Waals surface area (Å²) in [5.41, 5.74) is 5.89. The zero-order valence-corrected chi connectivity index (χ0v) is 23.0. The number of fused-ring (bicyclic) bond motifs is 11. The number of rotatable bonds is 2. The topological polar surface area (TPSA) is 12.9 Å².